The number of nitrogens with two attached hydrogens (primary N) is 1. The Labute approximate surface area is 233 Å². The monoisotopic (exact) mass is 528 g/mol. The lowest BCUT2D eigenvalue weighted by Gasteiger charge is -2.51. The first-order chi connectivity index (χ1) is 18.5. The summed E-state index contributed by atoms with van der Waals surface area (Å²) >= 11 is 2.06. The third-order valence-corrected chi connectivity index (χ3v) is 9.89. The number of benzene rings is 3. The molecule has 4 unspecified atom stereocenters. The molecule has 3 aromatic carbocycles. The lowest BCUT2D eigenvalue weighted by molar-refractivity contribution is 0.180. The van der Waals surface area contributed by atoms with Gasteiger partial charge in [0.2, 0.25) is 0 Å². The van der Waals surface area contributed by atoms with Crippen LogP contribution < -0.4 is 11.1 Å². The normalized spacial score (nSPS) is 24.3. The van der Waals surface area contributed by atoms with Gasteiger partial charge in [-0.1, -0.05) is 60.7 Å². The van der Waals surface area contributed by atoms with Crippen molar-refractivity contribution in [3.63, 3.8) is 0 Å². The molecule has 1 saturated carbocycles. The molecule has 5 rings (SSSR count). The summed E-state index contributed by atoms with van der Waals surface area (Å²) in [4.78, 5) is 0. The van der Waals surface area contributed by atoms with Crippen LogP contribution in [0.15, 0.2) is 72.8 Å². The van der Waals surface area contributed by atoms with Crippen molar-refractivity contribution >= 4 is 17.4 Å². The molecule has 3 aromatic rings. The number of rotatable bonds is 11. The molecule has 0 amide bonds. The van der Waals surface area contributed by atoms with Gasteiger partial charge in [-0.2, -0.15) is 11.8 Å². The van der Waals surface area contributed by atoms with Crippen LogP contribution in [0.2, 0.25) is 0 Å². The average molecular weight is 529 g/mol. The van der Waals surface area contributed by atoms with E-state index < -0.39 is 0 Å². The van der Waals surface area contributed by atoms with Gasteiger partial charge in [0, 0.05) is 22.8 Å². The van der Waals surface area contributed by atoms with Crippen LogP contribution in [0, 0.1) is 5.92 Å². The number of unbranched alkanes of at least 4 members (excludes halogenated alkanes) is 1. The molecule has 0 bridgehead atoms. The summed E-state index contributed by atoms with van der Waals surface area (Å²) in [5.41, 5.74) is 12.7. The summed E-state index contributed by atoms with van der Waals surface area (Å²) in [6.45, 7) is 2.38. The van der Waals surface area contributed by atoms with E-state index in [4.69, 9.17) is 5.73 Å². The molecule has 4 heteroatoms. The van der Waals surface area contributed by atoms with Crippen LogP contribution in [-0.4, -0.2) is 28.2 Å². The van der Waals surface area contributed by atoms with Gasteiger partial charge >= 0.3 is 0 Å². The molecule has 0 spiro atoms. The fraction of sp³-hybridized carbons (Fsp3) is 0.471. The maximum absolute atomic E-state index is 11.2. The molecule has 0 radical (unpaired) electrons. The first kappa shape index (κ1) is 27.1. The van der Waals surface area contributed by atoms with Crippen molar-refractivity contribution in [2.45, 2.75) is 82.2 Å². The largest absolute Gasteiger partial charge is 0.508 e. The second-order valence-electron chi connectivity index (χ2n) is 11.7. The van der Waals surface area contributed by atoms with E-state index in [9.17, 15) is 5.11 Å². The highest BCUT2D eigenvalue weighted by Crippen LogP contribution is 2.54. The third-order valence-electron chi connectivity index (χ3n) is 8.73. The maximum atomic E-state index is 11.2. The number of hydrogen-bond donors (Lipinski definition) is 3. The molecule has 1 aliphatic heterocycles. The number of phenolic OH excluding ortho intramolecular Hbond substituents is 1. The number of aromatic hydroxyl groups is 1. The summed E-state index contributed by atoms with van der Waals surface area (Å²) in [5, 5.41) is 15.2. The number of anilines is 1. The molecule has 2 aliphatic rings. The van der Waals surface area contributed by atoms with E-state index in [-0.39, 0.29) is 11.6 Å². The number of hydrogen-bond acceptors (Lipinski definition) is 4. The van der Waals surface area contributed by atoms with Crippen molar-refractivity contribution in [3.05, 3.63) is 95.1 Å². The molecule has 1 aliphatic carbocycles. The minimum atomic E-state index is -0.0557. The molecular weight excluding hydrogens is 484 g/mol. The molecule has 3 nitrogen and oxygen atoms in total. The Morgan fingerprint density at radius 1 is 0.868 bits per heavy atom. The second-order valence-corrected chi connectivity index (χ2v) is 13.0. The van der Waals surface area contributed by atoms with Crippen molar-refractivity contribution < 1.29 is 5.11 Å². The SMILES string of the molecule is CC1(Cc2ccccc2)Nc2cc(CCCSCCCCc3ccccc3)cc(O)c2C2CC(N)CCC21. The molecule has 0 aromatic heterocycles. The van der Waals surface area contributed by atoms with E-state index in [2.05, 4.69) is 90.7 Å². The van der Waals surface area contributed by atoms with Gasteiger partial charge in [-0.15, -0.1) is 0 Å². The molecule has 202 valence electrons. The van der Waals surface area contributed by atoms with Crippen molar-refractivity contribution in [2.24, 2.45) is 11.7 Å². The van der Waals surface area contributed by atoms with Gasteiger partial charge in [0.25, 0.3) is 0 Å². The summed E-state index contributed by atoms with van der Waals surface area (Å²) in [7, 11) is 0. The predicted molar refractivity (Wildman–Crippen MR) is 163 cm³/mol. The molecule has 1 heterocycles. The van der Waals surface area contributed by atoms with Crippen molar-refractivity contribution in [1.29, 1.82) is 0 Å². The number of nitrogens with one attached hydrogen (secondary N) is 1. The van der Waals surface area contributed by atoms with Gasteiger partial charge < -0.3 is 16.2 Å². The van der Waals surface area contributed by atoms with Crippen LogP contribution in [0.25, 0.3) is 0 Å². The minimum absolute atomic E-state index is 0.0557. The Kier molecular flexibility index (Phi) is 9.01. The van der Waals surface area contributed by atoms with E-state index in [0.29, 0.717) is 17.6 Å². The van der Waals surface area contributed by atoms with Crippen molar-refractivity contribution in [3.8, 4) is 5.75 Å². The standard InChI is InChI=1S/C34H44N2OS/c1-34(24-26-14-6-3-7-15-26)30-18-17-28(35)23-29(30)33-31(36-34)21-27(22-32(33)37)16-10-20-38-19-9-8-13-25-11-4-2-5-12-25/h2-7,11-12,14-15,21-22,28-30,36-37H,8-10,13,16-20,23-24,35H2,1H3. The highest BCUT2D eigenvalue weighted by molar-refractivity contribution is 7.99. The first-order valence-electron chi connectivity index (χ1n) is 14.6. The molecular formula is C34H44N2OS. The van der Waals surface area contributed by atoms with E-state index >= 15 is 0 Å². The zero-order valence-electron chi connectivity index (χ0n) is 22.9. The zero-order valence-corrected chi connectivity index (χ0v) is 23.7. The maximum Gasteiger partial charge on any atom is 0.121 e. The van der Waals surface area contributed by atoms with Gasteiger partial charge in [-0.3, -0.25) is 0 Å². The van der Waals surface area contributed by atoms with Crippen molar-refractivity contribution in [1.82, 2.24) is 0 Å². The van der Waals surface area contributed by atoms with Crippen LogP contribution in [-0.2, 0) is 19.3 Å². The van der Waals surface area contributed by atoms with Crippen LogP contribution in [0.4, 0.5) is 5.69 Å². The van der Waals surface area contributed by atoms with Crippen molar-refractivity contribution in [2.75, 3.05) is 16.8 Å². The smallest absolute Gasteiger partial charge is 0.121 e. The fourth-order valence-electron chi connectivity index (χ4n) is 6.87. The van der Waals surface area contributed by atoms with Gasteiger partial charge in [0.1, 0.15) is 5.75 Å². The van der Waals surface area contributed by atoms with E-state index in [1.165, 1.54) is 47.5 Å². The number of phenols is 1. The zero-order chi connectivity index (χ0) is 26.4. The third kappa shape index (κ3) is 6.58. The highest BCUT2D eigenvalue weighted by atomic mass is 32.2. The van der Waals surface area contributed by atoms with Crippen LogP contribution in [0.5, 0.6) is 5.75 Å². The number of aryl methyl sites for hydroxylation is 2. The molecule has 4 N–H and O–H groups in total. The summed E-state index contributed by atoms with van der Waals surface area (Å²) in [5.74, 6) is 3.63. The Morgan fingerprint density at radius 2 is 1.55 bits per heavy atom. The number of fused-ring (bicyclic) bond motifs is 3. The second kappa shape index (κ2) is 12.6. The minimum Gasteiger partial charge on any atom is -0.508 e. The fourth-order valence-corrected chi connectivity index (χ4v) is 7.83. The van der Waals surface area contributed by atoms with E-state index in [0.717, 1.165) is 49.8 Å². The van der Waals surface area contributed by atoms with Crippen LogP contribution in [0.3, 0.4) is 0 Å². The Morgan fingerprint density at radius 3 is 2.32 bits per heavy atom. The van der Waals surface area contributed by atoms with Crippen LogP contribution >= 0.6 is 11.8 Å². The topological polar surface area (TPSA) is 58.3 Å². The Balaban J connectivity index is 1.19. The van der Waals surface area contributed by atoms with E-state index in [1.54, 1.807) is 0 Å². The first-order valence-corrected chi connectivity index (χ1v) is 15.7. The average Bonchev–Trinajstić information content (AvgIpc) is 2.91. The Hall–Kier alpha value is -2.43. The quantitative estimate of drug-likeness (QED) is 0.223. The summed E-state index contributed by atoms with van der Waals surface area (Å²) in [6.07, 6.45) is 9.95. The van der Waals surface area contributed by atoms with Gasteiger partial charge in [0.05, 0.1) is 0 Å². The van der Waals surface area contributed by atoms with Gasteiger partial charge in [0.15, 0.2) is 0 Å². The summed E-state index contributed by atoms with van der Waals surface area (Å²) in [6, 6.07) is 26.2. The Bertz CT molecular complexity index is 1170. The molecule has 4 atom stereocenters. The lowest BCUT2D eigenvalue weighted by Crippen LogP contribution is -2.53. The summed E-state index contributed by atoms with van der Waals surface area (Å²) < 4.78 is 0. The number of thioether (sulfide) groups is 1. The molecule has 1 fully saturated rings. The van der Waals surface area contributed by atoms with Gasteiger partial charge in [-0.05, 0) is 117 Å². The van der Waals surface area contributed by atoms with Crippen LogP contribution in [0.1, 0.15) is 73.6 Å². The molecule has 0 saturated heterocycles. The van der Waals surface area contributed by atoms with Gasteiger partial charge in [-0.25, -0.2) is 0 Å². The lowest BCUT2D eigenvalue weighted by atomic mass is 9.61. The highest BCUT2D eigenvalue weighted by Gasteiger charge is 2.47. The molecule has 38 heavy (non-hydrogen) atoms. The van der Waals surface area contributed by atoms with E-state index in [1.807, 2.05) is 6.07 Å². The predicted octanol–water partition coefficient (Wildman–Crippen LogP) is 7.72.